The Morgan fingerprint density at radius 2 is 0.932 bits per heavy atom. The molecule has 0 aliphatic heterocycles. The summed E-state index contributed by atoms with van der Waals surface area (Å²) in [6.07, 6.45) is 49.8. The molecule has 11 nitrogen and oxygen atoms in total. The zero-order chi connectivity index (χ0) is 43.5. The smallest absolute Gasteiger partial charge is 0.472 e. The van der Waals surface area contributed by atoms with Gasteiger partial charge in [-0.25, -0.2) is 4.57 Å². The van der Waals surface area contributed by atoms with Gasteiger partial charge in [0.2, 0.25) is 0 Å². The highest BCUT2D eigenvalue weighted by atomic mass is 31.2. The molecule has 0 bridgehead atoms. The third-order valence-electron chi connectivity index (χ3n) is 9.18. The Labute approximate surface area is 357 Å². The van der Waals surface area contributed by atoms with E-state index in [2.05, 4.69) is 85.2 Å². The minimum absolute atomic E-state index is 0.130. The lowest BCUT2D eigenvalue weighted by Crippen LogP contribution is -2.34. The number of hydrogen-bond donors (Lipinski definition) is 3. The van der Waals surface area contributed by atoms with Crippen molar-refractivity contribution in [3.8, 4) is 0 Å². The molecule has 12 heteroatoms. The quantitative estimate of drug-likeness (QED) is 0.0231. The molecule has 4 N–H and O–H groups in total. The first-order chi connectivity index (χ1) is 28.6. The summed E-state index contributed by atoms with van der Waals surface area (Å²) >= 11 is 0. The summed E-state index contributed by atoms with van der Waals surface area (Å²) in [6, 6.07) is -1.53. The third kappa shape index (κ3) is 41.4. The molecule has 0 heterocycles. The summed E-state index contributed by atoms with van der Waals surface area (Å²) in [5.74, 6) is -2.48. The fourth-order valence-electron chi connectivity index (χ4n) is 5.60. The molecular formula is C47H80NO10P. The fourth-order valence-corrected chi connectivity index (χ4v) is 6.38. The first-order valence-corrected chi connectivity index (χ1v) is 24.0. The number of aliphatic carboxylic acids is 1. The molecule has 0 radical (unpaired) electrons. The number of rotatable bonds is 41. The van der Waals surface area contributed by atoms with Crippen LogP contribution in [-0.4, -0.2) is 59.9 Å². The molecule has 0 aromatic carbocycles. The van der Waals surface area contributed by atoms with Crippen molar-refractivity contribution in [2.45, 2.75) is 187 Å². The van der Waals surface area contributed by atoms with Crippen LogP contribution in [0.1, 0.15) is 174 Å². The number of nitrogens with two attached hydrogens (primary N) is 1. The highest BCUT2D eigenvalue weighted by molar-refractivity contribution is 7.47. The minimum atomic E-state index is -4.74. The van der Waals surface area contributed by atoms with Gasteiger partial charge in [-0.1, -0.05) is 157 Å². The highest BCUT2D eigenvalue weighted by Crippen LogP contribution is 2.43. The number of esters is 2. The van der Waals surface area contributed by atoms with E-state index in [0.717, 1.165) is 64.2 Å². The average molecular weight is 850 g/mol. The van der Waals surface area contributed by atoms with Gasteiger partial charge in [-0.3, -0.25) is 23.4 Å². The van der Waals surface area contributed by atoms with Crippen molar-refractivity contribution < 1.29 is 47.5 Å². The van der Waals surface area contributed by atoms with Crippen LogP contribution in [0, 0.1) is 0 Å². The Bertz CT molecular complexity index is 1280. The third-order valence-corrected chi connectivity index (χ3v) is 10.1. The number of carboxylic acid groups (broad SMARTS) is 1. The number of phosphoric ester groups is 1. The number of carboxylic acids is 1. The predicted molar refractivity (Wildman–Crippen MR) is 240 cm³/mol. The van der Waals surface area contributed by atoms with Gasteiger partial charge in [-0.05, 0) is 77.0 Å². The maximum Gasteiger partial charge on any atom is 0.472 e. The van der Waals surface area contributed by atoms with Gasteiger partial charge < -0.3 is 25.2 Å². The van der Waals surface area contributed by atoms with Gasteiger partial charge in [0.15, 0.2) is 6.10 Å². The van der Waals surface area contributed by atoms with Crippen molar-refractivity contribution in [3.63, 3.8) is 0 Å². The van der Waals surface area contributed by atoms with Gasteiger partial charge in [0.25, 0.3) is 0 Å². The number of hydrogen-bond acceptors (Lipinski definition) is 9. The van der Waals surface area contributed by atoms with Crippen LogP contribution in [0.3, 0.4) is 0 Å². The lowest BCUT2D eigenvalue weighted by atomic mass is 10.1. The number of carbonyl (C=O) groups is 3. The van der Waals surface area contributed by atoms with Gasteiger partial charge in [0.1, 0.15) is 12.6 Å². The van der Waals surface area contributed by atoms with Gasteiger partial charge in [-0.2, -0.15) is 0 Å². The topological polar surface area (TPSA) is 172 Å². The van der Waals surface area contributed by atoms with E-state index in [9.17, 15) is 23.8 Å². The molecule has 0 fully saturated rings. The Balaban J connectivity index is 4.45. The molecule has 0 aliphatic carbocycles. The molecule has 0 aromatic rings. The maximum atomic E-state index is 12.6. The molecule has 0 amide bonds. The second-order valence-corrected chi connectivity index (χ2v) is 16.3. The Morgan fingerprint density at radius 3 is 1.44 bits per heavy atom. The van der Waals surface area contributed by atoms with Crippen LogP contribution >= 0.6 is 7.82 Å². The second-order valence-electron chi connectivity index (χ2n) is 14.8. The van der Waals surface area contributed by atoms with Gasteiger partial charge in [0.05, 0.1) is 13.2 Å². The minimum Gasteiger partial charge on any atom is -0.480 e. The molecular weight excluding hydrogens is 769 g/mol. The van der Waals surface area contributed by atoms with E-state index >= 15 is 0 Å². The first-order valence-electron chi connectivity index (χ1n) is 22.5. The zero-order valence-electron chi connectivity index (χ0n) is 36.6. The standard InChI is InChI=1S/C47H80NO10P/c1-3-5-7-9-11-13-15-17-19-20-21-22-23-24-25-27-28-30-32-34-36-38-45(49)55-40-43(41-56-59(53,54)57-42-44(48)47(51)52)58-46(50)39-37-35-33-31-29-26-18-16-14-12-10-8-6-4-2/h10,12,16,18-20,22-23,25,27,30,32,43-44H,3-9,11,13-15,17,21,24,26,28-29,31,33-42,48H2,1-2H3,(H,51,52)(H,53,54)/b12-10+,18-16+,20-19+,23-22+,27-25+,32-30+/t43-,44-/m0/s1. The molecule has 1 unspecified atom stereocenters. The van der Waals surface area contributed by atoms with Crippen molar-refractivity contribution in [1.29, 1.82) is 0 Å². The molecule has 59 heavy (non-hydrogen) atoms. The van der Waals surface area contributed by atoms with Crippen LogP contribution in [0.4, 0.5) is 0 Å². The largest absolute Gasteiger partial charge is 0.480 e. The van der Waals surface area contributed by atoms with Crippen molar-refractivity contribution >= 4 is 25.7 Å². The zero-order valence-corrected chi connectivity index (χ0v) is 37.5. The highest BCUT2D eigenvalue weighted by Gasteiger charge is 2.28. The number of phosphoric acid groups is 1. The molecule has 0 aromatic heterocycles. The van der Waals surface area contributed by atoms with Crippen LogP contribution in [0.25, 0.3) is 0 Å². The van der Waals surface area contributed by atoms with E-state index in [0.29, 0.717) is 19.3 Å². The Hall–Kier alpha value is -3.08. The number of carbonyl (C=O) groups excluding carboxylic acids is 2. The summed E-state index contributed by atoms with van der Waals surface area (Å²) in [5.41, 5.74) is 5.33. The van der Waals surface area contributed by atoms with E-state index in [1.54, 1.807) is 0 Å². The number of allylic oxidation sites excluding steroid dienone is 12. The lowest BCUT2D eigenvalue weighted by Gasteiger charge is -2.20. The van der Waals surface area contributed by atoms with E-state index in [1.165, 1.54) is 64.2 Å². The van der Waals surface area contributed by atoms with Crippen LogP contribution in [-0.2, 0) is 37.5 Å². The summed E-state index contributed by atoms with van der Waals surface area (Å²) in [6.45, 7) is 2.68. The van der Waals surface area contributed by atoms with Crippen molar-refractivity contribution in [3.05, 3.63) is 72.9 Å². The molecule has 0 spiro atoms. The van der Waals surface area contributed by atoms with E-state index in [-0.39, 0.29) is 19.4 Å². The maximum absolute atomic E-state index is 12.6. The molecule has 338 valence electrons. The summed E-state index contributed by atoms with van der Waals surface area (Å²) < 4.78 is 32.6. The number of ether oxygens (including phenoxy) is 2. The molecule has 0 rings (SSSR count). The number of unbranched alkanes of at least 4 members (excludes halogenated alkanes) is 15. The van der Waals surface area contributed by atoms with Crippen molar-refractivity contribution in [1.82, 2.24) is 0 Å². The van der Waals surface area contributed by atoms with Crippen molar-refractivity contribution in [2.24, 2.45) is 5.73 Å². The van der Waals surface area contributed by atoms with Crippen LogP contribution in [0.5, 0.6) is 0 Å². The fraction of sp³-hybridized carbons (Fsp3) is 0.681. The summed E-state index contributed by atoms with van der Waals surface area (Å²) in [4.78, 5) is 45.9. The van der Waals surface area contributed by atoms with Crippen LogP contribution in [0.2, 0.25) is 0 Å². The molecule has 0 aliphatic rings. The Morgan fingerprint density at radius 1 is 0.525 bits per heavy atom. The van der Waals surface area contributed by atoms with E-state index < -0.39 is 51.1 Å². The summed E-state index contributed by atoms with van der Waals surface area (Å²) in [7, 11) is -4.74. The van der Waals surface area contributed by atoms with Crippen LogP contribution < -0.4 is 5.73 Å². The van der Waals surface area contributed by atoms with Gasteiger partial charge in [-0.15, -0.1) is 0 Å². The van der Waals surface area contributed by atoms with E-state index in [4.69, 9.17) is 24.8 Å². The summed E-state index contributed by atoms with van der Waals surface area (Å²) in [5, 5.41) is 8.89. The molecule has 0 saturated heterocycles. The monoisotopic (exact) mass is 850 g/mol. The van der Waals surface area contributed by atoms with Gasteiger partial charge >= 0.3 is 25.7 Å². The Kier molecular flexibility index (Phi) is 39.5. The first kappa shape index (κ1) is 55.9. The predicted octanol–water partition coefficient (Wildman–Crippen LogP) is 12.1. The molecule has 3 atom stereocenters. The normalized spacial score (nSPS) is 14.4. The van der Waals surface area contributed by atoms with Crippen molar-refractivity contribution in [2.75, 3.05) is 19.8 Å². The second kappa shape index (κ2) is 41.6. The lowest BCUT2D eigenvalue weighted by molar-refractivity contribution is -0.161. The average Bonchev–Trinajstić information content (AvgIpc) is 3.21. The molecule has 0 saturated carbocycles. The SMILES string of the molecule is CCCC/C=C/C/C=C/CCCCCCCC(=O)O[C@@H](COC(=O)CCC/C=C/C/C=C/C/C=C/C/C=C/CCCCCCCCC)COP(=O)(O)OC[C@H](N)C(=O)O. The van der Waals surface area contributed by atoms with E-state index in [1.807, 2.05) is 6.08 Å². The van der Waals surface area contributed by atoms with Crippen LogP contribution in [0.15, 0.2) is 72.9 Å². The van der Waals surface area contributed by atoms with Gasteiger partial charge in [0, 0.05) is 12.8 Å².